The first-order chi connectivity index (χ1) is 25.1. The molecular weight excluding hydrogens is 690 g/mol. The van der Waals surface area contributed by atoms with Gasteiger partial charge in [-0.15, -0.1) is 0 Å². The van der Waals surface area contributed by atoms with Gasteiger partial charge in [-0.2, -0.15) is 0 Å². The minimum atomic E-state index is -1.27. The Morgan fingerprint density at radius 2 is 0.736 bits per heavy atom. The zero-order valence-corrected chi connectivity index (χ0v) is 32.3. The van der Waals surface area contributed by atoms with Crippen LogP contribution in [0.15, 0.2) is 0 Å². The van der Waals surface area contributed by atoms with Crippen LogP contribution in [-0.4, -0.2) is 85.9 Å². The van der Waals surface area contributed by atoms with Gasteiger partial charge in [0, 0.05) is 32.1 Å². The second-order valence-corrected chi connectivity index (χ2v) is 13.5. The molecule has 0 aromatic heterocycles. The van der Waals surface area contributed by atoms with Crippen LogP contribution in [0.2, 0.25) is 0 Å². The van der Waals surface area contributed by atoms with E-state index in [1.807, 2.05) is 0 Å². The number of carboxylic acids is 4. The zero-order chi connectivity index (χ0) is 40.4. The number of amides is 3. The molecule has 0 fully saturated rings. The molecule has 15 nitrogen and oxygen atoms in total. The summed E-state index contributed by atoms with van der Waals surface area (Å²) in [5.41, 5.74) is 0. The molecule has 0 saturated heterocycles. The number of ketones is 1. The number of hydrogen-bond acceptors (Lipinski definition) is 8. The van der Waals surface area contributed by atoms with Crippen LogP contribution in [0, 0.1) is 0 Å². The molecule has 0 aromatic rings. The lowest BCUT2D eigenvalue weighted by Gasteiger charge is -2.16. The molecule has 0 spiro atoms. The first-order valence-electron chi connectivity index (χ1n) is 19.4. The van der Waals surface area contributed by atoms with Gasteiger partial charge >= 0.3 is 23.9 Å². The number of carbonyl (C=O) groups is 8. The summed E-state index contributed by atoms with van der Waals surface area (Å²) in [6.45, 7) is 4.64. The van der Waals surface area contributed by atoms with Crippen LogP contribution in [-0.2, 0) is 38.4 Å². The van der Waals surface area contributed by atoms with Gasteiger partial charge in [-0.1, -0.05) is 104 Å². The monoisotopic (exact) mass is 757 g/mol. The molecule has 0 heterocycles. The number of aliphatic carboxylic acids is 4. The molecule has 53 heavy (non-hydrogen) atoms. The second kappa shape index (κ2) is 33.8. The van der Waals surface area contributed by atoms with Crippen molar-refractivity contribution < 1.29 is 58.8 Å². The van der Waals surface area contributed by atoms with Crippen molar-refractivity contribution in [2.75, 3.05) is 0 Å². The molecule has 306 valence electrons. The van der Waals surface area contributed by atoms with Crippen LogP contribution in [0.25, 0.3) is 0 Å². The summed E-state index contributed by atoms with van der Waals surface area (Å²) in [7, 11) is 0. The highest BCUT2D eigenvalue weighted by atomic mass is 16.4. The van der Waals surface area contributed by atoms with Crippen LogP contribution in [0.5, 0.6) is 0 Å². The Kier molecular flexibility index (Phi) is 32.5. The Morgan fingerprint density at radius 1 is 0.415 bits per heavy atom. The summed E-state index contributed by atoms with van der Waals surface area (Å²) < 4.78 is 0. The third kappa shape index (κ3) is 33.5. The van der Waals surface area contributed by atoms with Crippen LogP contribution < -0.4 is 16.0 Å². The first kappa shape index (κ1) is 51.1. The lowest BCUT2D eigenvalue weighted by Crippen LogP contribution is -2.43. The maximum absolute atomic E-state index is 11.7. The van der Waals surface area contributed by atoms with Gasteiger partial charge in [0.15, 0.2) is 0 Å². The van der Waals surface area contributed by atoms with Crippen molar-refractivity contribution in [2.45, 2.75) is 193 Å². The summed E-state index contributed by atoms with van der Waals surface area (Å²) in [5.74, 6) is -5.64. The van der Waals surface area contributed by atoms with Crippen molar-refractivity contribution in [3.05, 3.63) is 0 Å². The Hall–Kier alpha value is -4.04. The van der Waals surface area contributed by atoms with Gasteiger partial charge in [-0.25, -0.2) is 14.4 Å². The molecule has 3 atom stereocenters. The summed E-state index contributed by atoms with van der Waals surface area (Å²) >= 11 is 0. The van der Waals surface area contributed by atoms with E-state index < -0.39 is 53.8 Å². The molecular formula is C38H67N3O12. The number of nitrogens with one attached hydrogen (secondary N) is 3. The predicted octanol–water partition coefficient (Wildman–Crippen LogP) is 5.76. The Morgan fingerprint density at radius 3 is 1.08 bits per heavy atom. The summed E-state index contributed by atoms with van der Waals surface area (Å²) in [6, 6.07) is -3.18. The van der Waals surface area contributed by atoms with Gasteiger partial charge in [0.25, 0.3) is 0 Å². The molecule has 0 radical (unpaired) electrons. The van der Waals surface area contributed by atoms with E-state index in [2.05, 4.69) is 16.0 Å². The van der Waals surface area contributed by atoms with Crippen molar-refractivity contribution in [3.63, 3.8) is 0 Å². The second-order valence-electron chi connectivity index (χ2n) is 13.5. The molecule has 0 rings (SSSR count). The molecule has 15 heteroatoms. The van der Waals surface area contributed by atoms with E-state index in [1.165, 1.54) is 77.6 Å². The maximum Gasteiger partial charge on any atom is 0.326 e. The minimum absolute atomic E-state index is 0.0154. The van der Waals surface area contributed by atoms with Crippen LogP contribution in [0.4, 0.5) is 0 Å². The normalized spacial score (nSPS) is 12.3. The lowest BCUT2D eigenvalue weighted by atomic mass is 10.0. The third-order valence-electron chi connectivity index (χ3n) is 8.62. The molecule has 0 aliphatic rings. The molecule has 0 unspecified atom stereocenters. The molecule has 0 bridgehead atoms. The van der Waals surface area contributed by atoms with E-state index in [9.17, 15) is 38.4 Å². The fourth-order valence-electron chi connectivity index (χ4n) is 5.34. The predicted molar refractivity (Wildman–Crippen MR) is 199 cm³/mol. The SMILES string of the molecule is CCC(=O)N[C@@H](CCC(=O)N[C@@H](CCC(C)=O)C(=O)O)C(=O)O.CC[C@H](NC(=O)CCCCCCCCCCCCCCCCCCC(=O)O)C(=O)O. The number of carboxylic acid groups (broad SMARTS) is 4. The smallest absolute Gasteiger partial charge is 0.326 e. The minimum Gasteiger partial charge on any atom is -0.481 e. The van der Waals surface area contributed by atoms with Crippen LogP contribution >= 0.6 is 0 Å². The number of unbranched alkanes of at least 4 members (excludes halogenated alkanes) is 15. The standard InChI is InChI=1S/C24H45NO5.C14H22N2O7/c1-2-21(24(29)30)25-22(26)19-17-15-13-11-9-7-5-3-4-6-8-10-12-14-16-18-20-23(27)28;1-3-11(18)15-10(14(22)23)6-7-12(19)16-9(13(20)21)5-4-8(2)17/h21H,2-20H2,1H3,(H,25,26)(H,27,28)(H,29,30);9-10H,3-7H2,1-2H3,(H,15,18)(H,16,19)(H,20,21)(H,22,23)/t21-;9-,10-/m00/s1. The molecule has 7 N–H and O–H groups in total. The zero-order valence-electron chi connectivity index (χ0n) is 32.3. The van der Waals surface area contributed by atoms with Gasteiger partial charge in [-0.05, 0) is 39.0 Å². The van der Waals surface area contributed by atoms with Crippen LogP contribution in [0.1, 0.15) is 175 Å². The highest BCUT2D eigenvalue weighted by Crippen LogP contribution is 2.14. The van der Waals surface area contributed by atoms with Gasteiger partial charge in [0.05, 0.1) is 0 Å². The molecule has 0 saturated carbocycles. The quantitative estimate of drug-likeness (QED) is 0.0395. The average molecular weight is 758 g/mol. The van der Waals surface area contributed by atoms with Crippen molar-refractivity contribution in [2.24, 2.45) is 0 Å². The highest BCUT2D eigenvalue weighted by Gasteiger charge is 2.24. The van der Waals surface area contributed by atoms with Gasteiger partial charge in [0.2, 0.25) is 17.7 Å². The maximum atomic E-state index is 11.7. The third-order valence-corrected chi connectivity index (χ3v) is 8.62. The fraction of sp³-hybridized carbons (Fsp3) is 0.789. The van der Waals surface area contributed by atoms with Crippen molar-refractivity contribution in [1.82, 2.24) is 16.0 Å². The fourth-order valence-corrected chi connectivity index (χ4v) is 5.34. The summed E-state index contributed by atoms with van der Waals surface area (Å²) in [4.78, 5) is 88.8. The molecule has 0 aromatic carbocycles. The van der Waals surface area contributed by atoms with E-state index >= 15 is 0 Å². The number of rotatable bonds is 33. The van der Waals surface area contributed by atoms with E-state index in [-0.39, 0.29) is 43.8 Å². The van der Waals surface area contributed by atoms with Crippen molar-refractivity contribution in [3.8, 4) is 0 Å². The summed E-state index contributed by atoms with van der Waals surface area (Å²) in [6.07, 6.45) is 19.7. The van der Waals surface area contributed by atoms with Crippen molar-refractivity contribution >= 4 is 47.4 Å². The lowest BCUT2D eigenvalue weighted by molar-refractivity contribution is -0.143. The number of hydrogen-bond donors (Lipinski definition) is 7. The first-order valence-corrected chi connectivity index (χ1v) is 19.4. The van der Waals surface area contributed by atoms with Gasteiger partial charge in [-0.3, -0.25) is 19.2 Å². The summed E-state index contributed by atoms with van der Waals surface area (Å²) in [5, 5.41) is 42.5. The Labute approximate surface area is 314 Å². The van der Waals surface area contributed by atoms with E-state index in [0.717, 1.165) is 32.1 Å². The van der Waals surface area contributed by atoms with E-state index in [0.29, 0.717) is 19.3 Å². The number of carbonyl (C=O) groups excluding carboxylic acids is 4. The topological polar surface area (TPSA) is 254 Å². The Bertz CT molecular complexity index is 1100. The molecule has 0 aliphatic carbocycles. The molecule has 0 aliphatic heterocycles. The van der Waals surface area contributed by atoms with Crippen molar-refractivity contribution in [1.29, 1.82) is 0 Å². The highest BCUT2D eigenvalue weighted by molar-refractivity contribution is 5.86. The van der Waals surface area contributed by atoms with Crippen LogP contribution in [0.3, 0.4) is 0 Å². The largest absolute Gasteiger partial charge is 0.481 e. The molecule has 3 amide bonds. The van der Waals surface area contributed by atoms with E-state index in [4.69, 9.17) is 20.4 Å². The van der Waals surface area contributed by atoms with Gasteiger partial charge < -0.3 is 41.2 Å². The van der Waals surface area contributed by atoms with Gasteiger partial charge in [0.1, 0.15) is 23.9 Å². The Balaban J connectivity index is 0. The average Bonchev–Trinajstić information content (AvgIpc) is 3.09. The number of Topliss-reactive ketones (excluding diaryl/α,β-unsaturated/α-hetero) is 1. The van der Waals surface area contributed by atoms with E-state index in [1.54, 1.807) is 13.8 Å².